The molecule has 1 saturated carbocycles. The number of benzene rings is 1. The summed E-state index contributed by atoms with van der Waals surface area (Å²) in [5.74, 6) is 1.25. The van der Waals surface area contributed by atoms with Gasteiger partial charge in [-0.3, -0.25) is 4.79 Å². The highest BCUT2D eigenvalue weighted by molar-refractivity contribution is 5.78. The standard InChI is InChI=1S/C19H25N5O/c1-18(2,17-20-22-23-21-17)11-16(25)24-12-15(14-7-4-3-5-8-14)19(13-24)9-6-10-19/h3-5,7-8,15H,6,9-13H2,1-2H3,(H,20,21,22,23). The Labute approximate surface area is 148 Å². The fourth-order valence-electron chi connectivity index (χ4n) is 4.46. The van der Waals surface area contributed by atoms with Gasteiger partial charge in [0, 0.05) is 30.8 Å². The summed E-state index contributed by atoms with van der Waals surface area (Å²) in [4.78, 5) is 15.1. The molecule has 1 unspecified atom stereocenters. The van der Waals surface area contributed by atoms with Gasteiger partial charge in [-0.1, -0.05) is 55.8 Å². The molecule has 4 rings (SSSR count). The number of aromatic nitrogens is 4. The number of aromatic amines is 1. The topological polar surface area (TPSA) is 74.8 Å². The molecule has 1 aliphatic carbocycles. The van der Waals surface area contributed by atoms with E-state index in [2.05, 4.69) is 55.9 Å². The van der Waals surface area contributed by atoms with Crippen LogP contribution < -0.4 is 0 Å². The van der Waals surface area contributed by atoms with Crippen LogP contribution >= 0.6 is 0 Å². The largest absolute Gasteiger partial charge is 0.341 e. The van der Waals surface area contributed by atoms with Gasteiger partial charge >= 0.3 is 0 Å². The van der Waals surface area contributed by atoms with Gasteiger partial charge in [0.25, 0.3) is 0 Å². The van der Waals surface area contributed by atoms with Gasteiger partial charge in [-0.15, -0.1) is 10.2 Å². The Balaban J connectivity index is 1.51. The zero-order valence-electron chi connectivity index (χ0n) is 14.9. The number of hydrogen-bond donors (Lipinski definition) is 1. The zero-order valence-corrected chi connectivity index (χ0v) is 14.9. The highest BCUT2D eigenvalue weighted by Gasteiger charge is 2.52. The van der Waals surface area contributed by atoms with Crippen LogP contribution in [0.15, 0.2) is 30.3 Å². The maximum Gasteiger partial charge on any atom is 0.223 e. The number of tetrazole rings is 1. The summed E-state index contributed by atoms with van der Waals surface area (Å²) in [5.41, 5.74) is 1.24. The van der Waals surface area contributed by atoms with Crippen molar-refractivity contribution in [3.05, 3.63) is 41.7 Å². The lowest BCUT2D eigenvalue weighted by Gasteiger charge is -2.43. The number of rotatable bonds is 4. The lowest BCUT2D eigenvalue weighted by Crippen LogP contribution is -2.39. The van der Waals surface area contributed by atoms with E-state index >= 15 is 0 Å². The van der Waals surface area contributed by atoms with Crippen LogP contribution in [0.2, 0.25) is 0 Å². The second-order valence-electron chi connectivity index (χ2n) is 8.25. The predicted octanol–water partition coefficient (Wildman–Crippen LogP) is 2.66. The van der Waals surface area contributed by atoms with Crippen molar-refractivity contribution >= 4 is 5.91 Å². The number of likely N-dealkylation sites (tertiary alicyclic amines) is 1. The average molecular weight is 339 g/mol. The fraction of sp³-hybridized carbons (Fsp3) is 0.579. The summed E-state index contributed by atoms with van der Waals surface area (Å²) in [6.07, 6.45) is 4.14. The first-order valence-corrected chi connectivity index (χ1v) is 9.07. The summed E-state index contributed by atoms with van der Waals surface area (Å²) in [5, 5.41) is 14.2. The van der Waals surface area contributed by atoms with Crippen molar-refractivity contribution in [1.82, 2.24) is 25.5 Å². The van der Waals surface area contributed by atoms with E-state index in [4.69, 9.17) is 0 Å². The Morgan fingerprint density at radius 2 is 2.08 bits per heavy atom. The maximum atomic E-state index is 13.0. The molecule has 25 heavy (non-hydrogen) atoms. The van der Waals surface area contributed by atoms with E-state index in [-0.39, 0.29) is 11.3 Å². The molecule has 2 heterocycles. The Morgan fingerprint density at radius 3 is 2.68 bits per heavy atom. The molecule has 2 aromatic rings. The van der Waals surface area contributed by atoms with Crippen molar-refractivity contribution < 1.29 is 4.79 Å². The first kappa shape index (κ1) is 16.2. The van der Waals surface area contributed by atoms with E-state index in [0.717, 1.165) is 13.1 Å². The summed E-state index contributed by atoms with van der Waals surface area (Å²) >= 11 is 0. The molecule has 1 amide bonds. The van der Waals surface area contributed by atoms with Crippen LogP contribution in [-0.2, 0) is 10.2 Å². The van der Waals surface area contributed by atoms with Gasteiger partial charge in [-0.05, 0) is 23.8 Å². The third-order valence-corrected chi connectivity index (χ3v) is 6.10. The summed E-state index contributed by atoms with van der Waals surface area (Å²) in [7, 11) is 0. The smallest absolute Gasteiger partial charge is 0.223 e. The SMILES string of the molecule is CC(C)(CC(=O)N1CC(c2ccccc2)C2(CCC2)C1)c1nn[nH]n1. The summed E-state index contributed by atoms with van der Waals surface area (Å²) in [6, 6.07) is 10.7. The number of amides is 1. The second kappa shape index (κ2) is 5.93. The van der Waals surface area contributed by atoms with E-state index in [9.17, 15) is 4.79 Å². The number of hydrogen-bond acceptors (Lipinski definition) is 4. The minimum absolute atomic E-state index is 0.194. The molecular formula is C19H25N5O. The maximum absolute atomic E-state index is 13.0. The van der Waals surface area contributed by atoms with Crippen LogP contribution in [-0.4, -0.2) is 44.5 Å². The van der Waals surface area contributed by atoms with Gasteiger partial charge in [0.1, 0.15) is 0 Å². The van der Waals surface area contributed by atoms with Crippen molar-refractivity contribution in [2.45, 2.75) is 50.9 Å². The third-order valence-electron chi connectivity index (χ3n) is 6.10. The van der Waals surface area contributed by atoms with Gasteiger partial charge in [0.05, 0.1) is 0 Å². The van der Waals surface area contributed by atoms with Crippen molar-refractivity contribution in [2.24, 2.45) is 5.41 Å². The van der Waals surface area contributed by atoms with Gasteiger partial charge < -0.3 is 4.90 Å². The van der Waals surface area contributed by atoms with Gasteiger partial charge in [-0.25, -0.2) is 0 Å². The molecule has 0 radical (unpaired) electrons. The predicted molar refractivity (Wildman–Crippen MR) is 93.9 cm³/mol. The van der Waals surface area contributed by atoms with Gasteiger partial charge in [0.2, 0.25) is 5.91 Å². The number of nitrogens with one attached hydrogen (secondary N) is 1. The Bertz CT molecular complexity index is 736. The normalized spacial score (nSPS) is 22.2. The Hall–Kier alpha value is -2.24. The molecule has 2 fully saturated rings. The molecule has 1 aliphatic heterocycles. The minimum atomic E-state index is -0.415. The van der Waals surface area contributed by atoms with Crippen LogP contribution in [0.1, 0.15) is 56.8 Å². The van der Waals surface area contributed by atoms with E-state index in [1.54, 1.807) is 0 Å². The molecule has 2 aliphatic rings. The summed E-state index contributed by atoms with van der Waals surface area (Å²) in [6.45, 7) is 5.71. The third kappa shape index (κ3) is 2.83. The monoisotopic (exact) mass is 339 g/mol. The average Bonchev–Trinajstić information content (AvgIpc) is 3.23. The number of carbonyl (C=O) groups is 1. The molecule has 0 bridgehead atoms. The minimum Gasteiger partial charge on any atom is -0.341 e. The van der Waals surface area contributed by atoms with Gasteiger partial charge in [-0.2, -0.15) is 5.21 Å². The van der Waals surface area contributed by atoms with Crippen molar-refractivity contribution in [3.63, 3.8) is 0 Å². The number of nitrogens with zero attached hydrogens (tertiary/aromatic N) is 4. The van der Waals surface area contributed by atoms with E-state index in [1.165, 1.54) is 24.8 Å². The molecule has 1 N–H and O–H groups in total. The molecule has 6 nitrogen and oxygen atoms in total. The molecular weight excluding hydrogens is 314 g/mol. The quantitative estimate of drug-likeness (QED) is 0.929. The van der Waals surface area contributed by atoms with Crippen LogP contribution in [0.5, 0.6) is 0 Å². The number of carbonyl (C=O) groups excluding carboxylic acids is 1. The highest BCUT2D eigenvalue weighted by Crippen LogP contribution is 2.55. The Kier molecular flexibility index (Phi) is 3.85. The second-order valence-corrected chi connectivity index (χ2v) is 8.25. The van der Waals surface area contributed by atoms with Gasteiger partial charge in [0.15, 0.2) is 5.82 Å². The van der Waals surface area contributed by atoms with E-state index in [1.807, 2.05) is 13.8 Å². The lowest BCUT2D eigenvalue weighted by atomic mass is 9.61. The molecule has 1 atom stereocenters. The first-order valence-electron chi connectivity index (χ1n) is 9.07. The molecule has 132 valence electrons. The molecule has 1 saturated heterocycles. The van der Waals surface area contributed by atoms with Crippen LogP contribution in [0, 0.1) is 5.41 Å². The van der Waals surface area contributed by atoms with Crippen molar-refractivity contribution in [2.75, 3.05) is 13.1 Å². The van der Waals surface area contributed by atoms with Crippen LogP contribution in [0.4, 0.5) is 0 Å². The van der Waals surface area contributed by atoms with E-state index < -0.39 is 5.41 Å². The summed E-state index contributed by atoms with van der Waals surface area (Å²) < 4.78 is 0. The highest BCUT2D eigenvalue weighted by atomic mass is 16.2. The van der Waals surface area contributed by atoms with E-state index in [0.29, 0.717) is 18.2 Å². The zero-order chi connectivity index (χ0) is 17.5. The first-order chi connectivity index (χ1) is 12.0. The molecule has 6 heteroatoms. The fourth-order valence-corrected chi connectivity index (χ4v) is 4.46. The van der Waals surface area contributed by atoms with Crippen LogP contribution in [0.25, 0.3) is 0 Å². The van der Waals surface area contributed by atoms with Crippen molar-refractivity contribution in [3.8, 4) is 0 Å². The molecule has 1 spiro atoms. The van der Waals surface area contributed by atoms with Crippen LogP contribution in [0.3, 0.4) is 0 Å². The van der Waals surface area contributed by atoms with Crippen molar-refractivity contribution in [1.29, 1.82) is 0 Å². The molecule has 1 aromatic heterocycles. The Morgan fingerprint density at radius 1 is 1.32 bits per heavy atom. The molecule has 1 aromatic carbocycles. The lowest BCUT2D eigenvalue weighted by molar-refractivity contribution is -0.132. The number of H-pyrrole nitrogens is 1.